The van der Waals surface area contributed by atoms with Gasteiger partial charge in [0.2, 0.25) is 0 Å². The number of carbonyl (C=O) groups is 1. The van der Waals surface area contributed by atoms with E-state index < -0.39 is 5.82 Å². The molecule has 0 aliphatic carbocycles. The van der Waals surface area contributed by atoms with Crippen molar-refractivity contribution in [3.05, 3.63) is 35.1 Å². The van der Waals surface area contributed by atoms with Crippen LogP contribution in [0.3, 0.4) is 0 Å². The number of nitrogens with zero attached hydrogens (tertiary/aromatic N) is 2. The molecule has 1 aromatic carbocycles. The Morgan fingerprint density at radius 1 is 1.50 bits per heavy atom. The summed E-state index contributed by atoms with van der Waals surface area (Å²) in [5, 5.41) is 20.2. The summed E-state index contributed by atoms with van der Waals surface area (Å²) < 4.78 is 13.5. The minimum absolute atomic E-state index is 0.00578. The van der Waals surface area contributed by atoms with E-state index >= 15 is 0 Å². The molecule has 0 spiro atoms. The lowest BCUT2D eigenvalue weighted by Crippen LogP contribution is -2.41. The van der Waals surface area contributed by atoms with Gasteiger partial charge in [-0.15, -0.1) is 0 Å². The molecule has 0 aromatic heterocycles. The lowest BCUT2D eigenvalue weighted by molar-refractivity contribution is 0.177. The maximum atomic E-state index is 13.5. The Balaban J connectivity index is 2.66. The minimum atomic E-state index is -0.464. The van der Waals surface area contributed by atoms with Crippen molar-refractivity contribution in [2.45, 2.75) is 19.9 Å². The third-order valence-electron chi connectivity index (χ3n) is 2.76. The van der Waals surface area contributed by atoms with Gasteiger partial charge in [0.05, 0.1) is 18.2 Å². The van der Waals surface area contributed by atoms with E-state index in [4.69, 9.17) is 10.4 Å². The largest absolute Gasteiger partial charge is 0.395 e. The second-order valence-corrected chi connectivity index (χ2v) is 4.29. The fourth-order valence-corrected chi connectivity index (χ4v) is 1.77. The normalized spacial score (nSPS) is 9.90. The molecule has 20 heavy (non-hydrogen) atoms. The van der Waals surface area contributed by atoms with Crippen molar-refractivity contribution in [2.75, 3.05) is 19.7 Å². The maximum absolute atomic E-state index is 13.5. The summed E-state index contributed by atoms with van der Waals surface area (Å²) in [7, 11) is 0. The Hall–Kier alpha value is -2.13. The molecule has 0 fully saturated rings. The zero-order valence-corrected chi connectivity index (χ0v) is 11.4. The first-order valence-electron chi connectivity index (χ1n) is 6.44. The first-order valence-corrected chi connectivity index (χ1v) is 6.44. The molecule has 0 aliphatic heterocycles. The van der Waals surface area contributed by atoms with Crippen LogP contribution in [0.15, 0.2) is 18.2 Å². The third-order valence-corrected chi connectivity index (χ3v) is 2.76. The van der Waals surface area contributed by atoms with Gasteiger partial charge in [-0.2, -0.15) is 5.26 Å². The zero-order chi connectivity index (χ0) is 15.0. The SMILES string of the molecule is CCCN(CCO)C(=O)NCc1cc(C#N)ccc1F. The first-order chi connectivity index (χ1) is 9.62. The molecular weight excluding hydrogens is 261 g/mol. The van der Waals surface area contributed by atoms with Crippen molar-refractivity contribution in [3.8, 4) is 6.07 Å². The molecule has 0 unspecified atom stereocenters. The van der Waals surface area contributed by atoms with Crippen molar-refractivity contribution < 1.29 is 14.3 Å². The highest BCUT2D eigenvalue weighted by Crippen LogP contribution is 2.10. The Labute approximate surface area is 117 Å². The van der Waals surface area contributed by atoms with Crippen molar-refractivity contribution >= 4 is 6.03 Å². The van der Waals surface area contributed by atoms with Crippen molar-refractivity contribution in [2.24, 2.45) is 0 Å². The number of rotatable bonds is 6. The fourth-order valence-electron chi connectivity index (χ4n) is 1.77. The summed E-state index contributed by atoms with van der Waals surface area (Å²) in [5.74, 6) is -0.464. The quantitative estimate of drug-likeness (QED) is 0.830. The van der Waals surface area contributed by atoms with Gasteiger partial charge in [0.15, 0.2) is 0 Å². The van der Waals surface area contributed by atoms with E-state index in [1.165, 1.54) is 23.1 Å². The highest BCUT2D eigenvalue weighted by atomic mass is 19.1. The Bertz CT molecular complexity index is 494. The van der Waals surface area contributed by atoms with E-state index in [-0.39, 0.29) is 31.3 Å². The van der Waals surface area contributed by atoms with E-state index in [1.807, 2.05) is 13.0 Å². The van der Waals surface area contributed by atoms with Crippen LogP contribution in [0, 0.1) is 17.1 Å². The van der Waals surface area contributed by atoms with Crippen LogP contribution in [0.4, 0.5) is 9.18 Å². The van der Waals surface area contributed by atoms with Gasteiger partial charge in [-0.25, -0.2) is 9.18 Å². The smallest absolute Gasteiger partial charge is 0.317 e. The molecule has 0 saturated heterocycles. The van der Waals surface area contributed by atoms with E-state index in [0.717, 1.165) is 6.42 Å². The molecule has 1 rings (SSSR count). The minimum Gasteiger partial charge on any atom is -0.395 e. The number of halogens is 1. The topological polar surface area (TPSA) is 76.4 Å². The fraction of sp³-hybridized carbons (Fsp3) is 0.429. The number of carbonyl (C=O) groups excluding carboxylic acids is 1. The molecule has 1 aromatic rings. The predicted molar refractivity (Wildman–Crippen MR) is 72.3 cm³/mol. The average molecular weight is 279 g/mol. The van der Waals surface area contributed by atoms with Crippen molar-refractivity contribution in [1.29, 1.82) is 5.26 Å². The number of hydrogen-bond donors (Lipinski definition) is 2. The number of aliphatic hydroxyl groups excluding tert-OH is 1. The van der Waals surface area contributed by atoms with Gasteiger partial charge in [-0.05, 0) is 24.6 Å². The number of urea groups is 1. The van der Waals surface area contributed by atoms with Gasteiger partial charge in [0.1, 0.15) is 5.82 Å². The molecule has 0 heterocycles. The summed E-state index contributed by atoms with van der Waals surface area (Å²) >= 11 is 0. The van der Waals surface area contributed by atoms with E-state index in [1.54, 1.807) is 0 Å². The maximum Gasteiger partial charge on any atom is 0.317 e. The average Bonchev–Trinajstić information content (AvgIpc) is 2.46. The van der Waals surface area contributed by atoms with E-state index in [9.17, 15) is 9.18 Å². The molecule has 0 radical (unpaired) electrons. The molecule has 108 valence electrons. The lowest BCUT2D eigenvalue weighted by Gasteiger charge is -2.21. The number of nitrogens with one attached hydrogen (secondary N) is 1. The predicted octanol–water partition coefficient (Wildman–Crippen LogP) is 1.61. The molecule has 0 bridgehead atoms. The van der Waals surface area contributed by atoms with Gasteiger partial charge >= 0.3 is 6.03 Å². The van der Waals surface area contributed by atoms with Crippen LogP contribution in [0.5, 0.6) is 0 Å². The van der Waals surface area contributed by atoms with Crippen LogP contribution >= 0.6 is 0 Å². The number of benzene rings is 1. The lowest BCUT2D eigenvalue weighted by atomic mass is 10.1. The Morgan fingerprint density at radius 2 is 2.25 bits per heavy atom. The van der Waals surface area contributed by atoms with E-state index in [0.29, 0.717) is 12.1 Å². The second kappa shape index (κ2) is 8.12. The summed E-state index contributed by atoms with van der Waals surface area (Å²) in [6.07, 6.45) is 0.770. The monoisotopic (exact) mass is 279 g/mol. The first kappa shape index (κ1) is 15.9. The van der Waals surface area contributed by atoms with Crippen LogP contribution < -0.4 is 5.32 Å². The Kier molecular flexibility index (Phi) is 6.47. The van der Waals surface area contributed by atoms with Crippen molar-refractivity contribution in [1.82, 2.24) is 10.2 Å². The number of hydrogen-bond acceptors (Lipinski definition) is 3. The Morgan fingerprint density at radius 3 is 2.85 bits per heavy atom. The van der Waals surface area contributed by atoms with Gasteiger partial charge < -0.3 is 15.3 Å². The summed E-state index contributed by atoms with van der Waals surface area (Å²) in [5.41, 5.74) is 0.606. The van der Waals surface area contributed by atoms with Gasteiger partial charge in [-0.1, -0.05) is 6.92 Å². The highest BCUT2D eigenvalue weighted by Gasteiger charge is 2.12. The zero-order valence-electron chi connectivity index (χ0n) is 11.4. The van der Waals surface area contributed by atoms with Crippen LogP contribution in [0.2, 0.25) is 0 Å². The molecule has 2 amide bonds. The second-order valence-electron chi connectivity index (χ2n) is 4.29. The van der Waals surface area contributed by atoms with Crippen molar-refractivity contribution in [3.63, 3.8) is 0 Å². The van der Waals surface area contributed by atoms with Crippen LogP contribution in [-0.2, 0) is 6.54 Å². The standard InChI is InChI=1S/C14H18FN3O2/c1-2-5-18(6-7-19)14(20)17-10-12-8-11(9-16)3-4-13(12)15/h3-4,8,19H,2,5-7,10H2,1H3,(H,17,20). The number of nitriles is 1. The highest BCUT2D eigenvalue weighted by molar-refractivity contribution is 5.74. The van der Waals surface area contributed by atoms with Gasteiger partial charge in [0, 0.05) is 25.2 Å². The summed E-state index contributed by atoms with van der Waals surface area (Å²) in [6.45, 7) is 2.57. The van der Waals surface area contributed by atoms with E-state index in [2.05, 4.69) is 5.32 Å². The molecular formula is C14H18FN3O2. The summed E-state index contributed by atoms with van der Waals surface area (Å²) in [4.78, 5) is 13.3. The molecule has 0 saturated carbocycles. The molecule has 6 heteroatoms. The van der Waals surface area contributed by atoms with Gasteiger partial charge in [-0.3, -0.25) is 0 Å². The summed E-state index contributed by atoms with van der Waals surface area (Å²) in [6, 6.07) is 5.56. The van der Waals surface area contributed by atoms with Crippen LogP contribution in [0.25, 0.3) is 0 Å². The number of aliphatic hydroxyl groups is 1. The molecule has 0 atom stereocenters. The van der Waals surface area contributed by atoms with Gasteiger partial charge in [0.25, 0.3) is 0 Å². The number of amides is 2. The van der Waals surface area contributed by atoms with Crippen LogP contribution in [0.1, 0.15) is 24.5 Å². The molecule has 5 nitrogen and oxygen atoms in total. The third kappa shape index (κ3) is 4.52. The van der Waals surface area contributed by atoms with Crippen LogP contribution in [-0.4, -0.2) is 35.7 Å². The molecule has 2 N–H and O–H groups in total. The molecule has 0 aliphatic rings.